The van der Waals surface area contributed by atoms with Crippen LogP contribution in [0.25, 0.3) is 12.2 Å². The second-order valence-corrected chi connectivity index (χ2v) is 9.60. The summed E-state index contributed by atoms with van der Waals surface area (Å²) in [5, 5.41) is 18.8. The second kappa shape index (κ2) is 18.4. The van der Waals surface area contributed by atoms with Crippen molar-refractivity contribution in [3.8, 4) is 17.6 Å². The Kier molecular flexibility index (Phi) is 14.5. The third-order valence-electron chi connectivity index (χ3n) is 5.81. The highest BCUT2D eigenvalue weighted by molar-refractivity contribution is 5.98. The number of ether oxygens (including phenoxy) is 2. The molecule has 6 nitrogen and oxygen atoms in total. The number of rotatable bonds is 11. The Labute approximate surface area is 242 Å². The lowest BCUT2D eigenvalue weighted by atomic mass is 10.0. The van der Waals surface area contributed by atoms with Crippen LogP contribution in [-0.2, 0) is 14.3 Å². The lowest BCUT2D eigenvalue weighted by Crippen LogP contribution is -2.10. The van der Waals surface area contributed by atoms with Gasteiger partial charge in [0.1, 0.15) is 23.1 Å². The number of aromatic hydroxyl groups is 1. The van der Waals surface area contributed by atoms with Gasteiger partial charge in [-0.2, -0.15) is 5.26 Å². The number of esters is 2. The van der Waals surface area contributed by atoms with Gasteiger partial charge >= 0.3 is 11.9 Å². The normalized spacial score (nSPS) is 11.4. The first kappa shape index (κ1) is 32.3. The topological polar surface area (TPSA) is 96.6 Å². The average molecular weight is 552 g/mol. The quantitative estimate of drug-likeness (QED) is 0.0855. The Balaban J connectivity index is 0.000000303. The van der Waals surface area contributed by atoms with E-state index in [1.165, 1.54) is 23.8 Å². The highest BCUT2D eigenvalue weighted by atomic mass is 16.5. The van der Waals surface area contributed by atoms with Gasteiger partial charge in [-0.25, -0.2) is 9.59 Å². The van der Waals surface area contributed by atoms with Crippen LogP contribution >= 0.6 is 0 Å². The van der Waals surface area contributed by atoms with E-state index in [0.29, 0.717) is 17.2 Å². The molecule has 0 aliphatic carbocycles. The predicted octanol–water partition coefficient (Wildman–Crippen LogP) is 7.92. The lowest BCUT2D eigenvalue weighted by Gasteiger charge is -2.10. The van der Waals surface area contributed by atoms with Crippen LogP contribution in [0.3, 0.4) is 0 Å². The third-order valence-corrected chi connectivity index (χ3v) is 5.81. The van der Waals surface area contributed by atoms with Gasteiger partial charge in [-0.15, -0.1) is 0 Å². The average Bonchev–Trinajstić information content (AvgIpc) is 2.97. The lowest BCUT2D eigenvalue weighted by molar-refractivity contribution is -0.138. The van der Waals surface area contributed by atoms with Gasteiger partial charge in [-0.05, 0) is 74.9 Å². The molecule has 0 spiro atoms. The fourth-order valence-corrected chi connectivity index (χ4v) is 3.50. The maximum absolute atomic E-state index is 12.0. The van der Waals surface area contributed by atoms with Gasteiger partial charge in [0.15, 0.2) is 0 Å². The second-order valence-electron chi connectivity index (χ2n) is 9.60. The molecule has 0 bridgehead atoms. The van der Waals surface area contributed by atoms with Crippen LogP contribution in [-0.4, -0.2) is 23.7 Å². The molecule has 0 saturated heterocycles. The number of nitrogens with zero attached hydrogens (tertiary/aromatic N) is 1. The number of hydrogen-bond acceptors (Lipinski definition) is 6. The highest BCUT2D eigenvalue weighted by Gasteiger charge is 2.12. The van der Waals surface area contributed by atoms with Crippen molar-refractivity contribution < 1.29 is 24.2 Å². The molecule has 0 fully saturated rings. The Morgan fingerprint density at radius 2 is 1.56 bits per heavy atom. The van der Waals surface area contributed by atoms with Gasteiger partial charge in [0.25, 0.3) is 0 Å². The summed E-state index contributed by atoms with van der Waals surface area (Å²) < 4.78 is 10.3. The van der Waals surface area contributed by atoms with Gasteiger partial charge in [-0.1, -0.05) is 85.3 Å². The summed E-state index contributed by atoms with van der Waals surface area (Å²) in [6.07, 6.45) is 9.52. The molecule has 0 aromatic heterocycles. The van der Waals surface area contributed by atoms with Crippen molar-refractivity contribution in [3.05, 3.63) is 119 Å². The molecule has 41 heavy (non-hydrogen) atoms. The first-order valence-corrected chi connectivity index (χ1v) is 13.5. The summed E-state index contributed by atoms with van der Waals surface area (Å²) in [6.45, 7) is 6.56. The summed E-state index contributed by atoms with van der Waals surface area (Å²) in [6, 6.07) is 27.0. The molecule has 0 radical (unpaired) electrons. The summed E-state index contributed by atoms with van der Waals surface area (Å²) in [7, 11) is 0. The van der Waals surface area contributed by atoms with Crippen molar-refractivity contribution in [1.82, 2.24) is 0 Å². The van der Waals surface area contributed by atoms with Crippen molar-refractivity contribution in [1.29, 1.82) is 5.26 Å². The number of carbonyl (C=O) groups excluding carboxylic acids is 2. The van der Waals surface area contributed by atoms with Crippen molar-refractivity contribution in [2.24, 2.45) is 5.92 Å². The van der Waals surface area contributed by atoms with E-state index in [9.17, 15) is 14.7 Å². The molecule has 3 aromatic rings. The number of nitriles is 1. The third kappa shape index (κ3) is 13.6. The minimum absolute atomic E-state index is 0.0194. The van der Waals surface area contributed by atoms with E-state index in [0.717, 1.165) is 24.8 Å². The molecule has 0 saturated carbocycles. The SMILES string of the molecule is CC(C)=CCCC(C)CCOC(=O)/C(C#N)=C/c1ccccc1O.O=C(/C=C/c1ccccc1)Oc1ccccc1. The smallest absolute Gasteiger partial charge is 0.348 e. The number of phenolic OH excluding ortho intramolecular Hbond substituents is 1. The van der Waals surface area contributed by atoms with Crippen LogP contribution in [0.1, 0.15) is 51.2 Å². The Hall–Kier alpha value is -4.89. The van der Waals surface area contributed by atoms with E-state index in [2.05, 4.69) is 26.8 Å². The summed E-state index contributed by atoms with van der Waals surface area (Å²) >= 11 is 0. The first-order valence-electron chi connectivity index (χ1n) is 13.5. The van der Waals surface area contributed by atoms with Crippen molar-refractivity contribution >= 4 is 24.1 Å². The predicted molar refractivity (Wildman–Crippen MR) is 163 cm³/mol. The van der Waals surface area contributed by atoms with E-state index in [4.69, 9.17) is 14.7 Å². The van der Waals surface area contributed by atoms with E-state index < -0.39 is 5.97 Å². The van der Waals surface area contributed by atoms with Crippen LogP contribution in [0, 0.1) is 17.2 Å². The van der Waals surface area contributed by atoms with Gasteiger partial charge < -0.3 is 14.6 Å². The van der Waals surface area contributed by atoms with Crippen molar-refractivity contribution in [2.75, 3.05) is 6.61 Å². The molecule has 1 atom stereocenters. The van der Waals surface area contributed by atoms with E-state index in [1.54, 1.807) is 36.4 Å². The number of hydrogen-bond donors (Lipinski definition) is 1. The molecule has 0 heterocycles. The summed E-state index contributed by atoms with van der Waals surface area (Å²) in [5.41, 5.74) is 2.58. The van der Waals surface area contributed by atoms with Crippen LogP contribution in [0.2, 0.25) is 0 Å². The van der Waals surface area contributed by atoms with Gasteiger partial charge in [-0.3, -0.25) is 0 Å². The molecule has 0 aliphatic heterocycles. The molecule has 0 amide bonds. The van der Waals surface area contributed by atoms with Crippen LogP contribution in [0.4, 0.5) is 0 Å². The molecule has 1 N–H and O–H groups in total. The number of allylic oxidation sites excluding steroid dienone is 2. The molecule has 3 rings (SSSR count). The zero-order valence-corrected chi connectivity index (χ0v) is 23.8. The van der Waals surface area contributed by atoms with E-state index in [1.807, 2.05) is 54.6 Å². The van der Waals surface area contributed by atoms with Gasteiger partial charge in [0.05, 0.1) is 6.61 Å². The molecule has 1 unspecified atom stereocenters. The van der Waals surface area contributed by atoms with Crippen LogP contribution in [0.5, 0.6) is 11.5 Å². The first-order chi connectivity index (χ1) is 19.8. The number of para-hydroxylation sites is 2. The number of benzene rings is 3. The fourth-order valence-electron chi connectivity index (χ4n) is 3.50. The molecule has 3 aromatic carbocycles. The highest BCUT2D eigenvalue weighted by Crippen LogP contribution is 2.19. The monoisotopic (exact) mass is 551 g/mol. The largest absolute Gasteiger partial charge is 0.507 e. The Morgan fingerprint density at radius 3 is 2.20 bits per heavy atom. The van der Waals surface area contributed by atoms with Gasteiger partial charge in [0.2, 0.25) is 0 Å². The minimum Gasteiger partial charge on any atom is -0.507 e. The van der Waals surface area contributed by atoms with Crippen LogP contribution < -0.4 is 4.74 Å². The summed E-state index contributed by atoms with van der Waals surface area (Å²) in [5.74, 6) is -0.0143. The molecule has 6 heteroatoms. The zero-order chi connectivity index (χ0) is 29.9. The van der Waals surface area contributed by atoms with E-state index in [-0.39, 0.29) is 23.9 Å². The van der Waals surface area contributed by atoms with E-state index >= 15 is 0 Å². The maximum atomic E-state index is 12.0. The molecule has 212 valence electrons. The number of phenols is 1. The van der Waals surface area contributed by atoms with Crippen molar-refractivity contribution in [3.63, 3.8) is 0 Å². The molecular formula is C35H37NO5. The number of carbonyl (C=O) groups is 2. The molecule has 0 aliphatic rings. The summed E-state index contributed by atoms with van der Waals surface area (Å²) in [4.78, 5) is 23.4. The fraction of sp³-hybridized carbons (Fsp3) is 0.229. The maximum Gasteiger partial charge on any atom is 0.348 e. The van der Waals surface area contributed by atoms with Crippen molar-refractivity contribution in [2.45, 2.75) is 40.0 Å². The standard InChI is InChI=1S/C20H25NO3.C15H12O2/c1-15(2)7-6-8-16(3)11-12-24-20(23)18(14-21)13-17-9-4-5-10-19(17)22;16-15(17-14-9-5-2-6-10-14)12-11-13-7-3-1-4-8-13/h4-5,7,9-10,13,16,22H,6,8,11-12H2,1-3H3;1-12H/b18-13+;12-11+. The minimum atomic E-state index is -0.655. The van der Waals surface area contributed by atoms with Crippen LogP contribution in [0.15, 0.2) is 108 Å². The Morgan fingerprint density at radius 1 is 0.927 bits per heavy atom. The Bertz CT molecular complexity index is 1360. The zero-order valence-electron chi connectivity index (χ0n) is 23.8. The van der Waals surface area contributed by atoms with Gasteiger partial charge in [0, 0.05) is 11.6 Å². The molecular weight excluding hydrogens is 514 g/mol.